The van der Waals surface area contributed by atoms with Crippen LogP contribution in [0.4, 0.5) is 4.39 Å². The van der Waals surface area contributed by atoms with Gasteiger partial charge in [-0.15, -0.1) is 0 Å². The molecular formula is C15H19BrFNO. The quantitative estimate of drug-likeness (QED) is 0.851. The largest absolute Gasteiger partial charge is 0.484 e. The second kappa shape index (κ2) is 5.41. The zero-order valence-corrected chi connectivity index (χ0v) is 12.5. The number of ether oxygens (including phenoxy) is 1. The Balaban J connectivity index is 1.62. The first-order chi connectivity index (χ1) is 9.17. The number of nitrogens with one attached hydrogen (secondary N) is 1. The first kappa shape index (κ1) is 13.4. The molecule has 0 saturated heterocycles. The predicted molar refractivity (Wildman–Crippen MR) is 77.0 cm³/mol. The van der Waals surface area contributed by atoms with Crippen LogP contribution >= 0.6 is 15.9 Å². The molecule has 2 aliphatic carbocycles. The average molecular weight is 328 g/mol. The fraction of sp³-hybridized carbons (Fsp3) is 0.600. The summed E-state index contributed by atoms with van der Waals surface area (Å²) in [5.74, 6) is 0.102. The Labute approximate surface area is 121 Å². The third-order valence-electron chi connectivity index (χ3n) is 4.08. The molecule has 0 atom stereocenters. The van der Waals surface area contributed by atoms with Crippen LogP contribution in [0.15, 0.2) is 22.7 Å². The van der Waals surface area contributed by atoms with Crippen LogP contribution in [0.2, 0.25) is 0 Å². The molecule has 1 N–H and O–H groups in total. The first-order valence-electron chi connectivity index (χ1n) is 7.04. The molecule has 0 unspecified atom stereocenters. The van der Waals surface area contributed by atoms with E-state index in [2.05, 4.69) is 21.2 Å². The van der Waals surface area contributed by atoms with Crippen molar-refractivity contribution in [3.63, 3.8) is 0 Å². The van der Waals surface area contributed by atoms with Crippen LogP contribution < -0.4 is 10.1 Å². The summed E-state index contributed by atoms with van der Waals surface area (Å²) in [6.45, 7) is 0.973. The van der Waals surface area contributed by atoms with Gasteiger partial charge in [0.1, 0.15) is 5.60 Å². The Kier molecular flexibility index (Phi) is 3.81. The van der Waals surface area contributed by atoms with Gasteiger partial charge >= 0.3 is 0 Å². The maximum absolute atomic E-state index is 13.8. The van der Waals surface area contributed by atoms with Crippen LogP contribution in [0.5, 0.6) is 5.75 Å². The molecule has 19 heavy (non-hydrogen) atoms. The summed E-state index contributed by atoms with van der Waals surface area (Å²) in [6, 6.07) is 5.60. The molecular weight excluding hydrogens is 309 g/mol. The zero-order valence-electron chi connectivity index (χ0n) is 10.9. The smallest absolute Gasteiger partial charge is 0.165 e. The molecule has 0 aliphatic heterocycles. The molecule has 2 nitrogen and oxygen atoms in total. The van der Waals surface area contributed by atoms with E-state index in [9.17, 15) is 4.39 Å². The van der Waals surface area contributed by atoms with E-state index in [-0.39, 0.29) is 11.4 Å². The van der Waals surface area contributed by atoms with E-state index in [0.717, 1.165) is 36.3 Å². The molecule has 104 valence electrons. The Morgan fingerprint density at radius 2 is 2.16 bits per heavy atom. The van der Waals surface area contributed by atoms with Crippen molar-refractivity contribution >= 4 is 15.9 Å². The van der Waals surface area contributed by atoms with Gasteiger partial charge in [0.2, 0.25) is 0 Å². The molecule has 1 aromatic carbocycles. The molecule has 3 rings (SSSR count). The summed E-state index contributed by atoms with van der Waals surface area (Å²) >= 11 is 3.36. The van der Waals surface area contributed by atoms with Crippen LogP contribution in [-0.4, -0.2) is 18.2 Å². The standard InChI is InChI=1S/C15H19BrFNO/c16-11-2-5-13(17)14(10-11)19-15(6-1-7-15)8-9-18-12-3-4-12/h2,5,10,12,18H,1,3-4,6-9H2. The van der Waals surface area contributed by atoms with Crippen LogP contribution in [-0.2, 0) is 0 Å². The van der Waals surface area contributed by atoms with E-state index in [0.29, 0.717) is 5.75 Å². The van der Waals surface area contributed by atoms with Crippen molar-refractivity contribution in [2.45, 2.75) is 50.2 Å². The van der Waals surface area contributed by atoms with Crippen molar-refractivity contribution in [2.75, 3.05) is 6.54 Å². The zero-order chi connectivity index (χ0) is 13.3. The van der Waals surface area contributed by atoms with E-state index in [4.69, 9.17) is 4.74 Å². The normalized spacial score (nSPS) is 20.9. The summed E-state index contributed by atoms with van der Waals surface area (Å²) in [5.41, 5.74) is -0.149. The second-order valence-electron chi connectivity index (χ2n) is 5.69. The molecule has 2 saturated carbocycles. The highest BCUT2D eigenvalue weighted by Crippen LogP contribution is 2.40. The maximum atomic E-state index is 13.8. The van der Waals surface area contributed by atoms with Gasteiger partial charge in [-0.05, 0) is 63.3 Å². The lowest BCUT2D eigenvalue weighted by Crippen LogP contribution is -2.45. The Hall–Kier alpha value is -0.610. The Morgan fingerprint density at radius 3 is 2.79 bits per heavy atom. The summed E-state index contributed by atoms with van der Waals surface area (Å²) < 4.78 is 20.6. The van der Waals surface area contributed by atoms with Crippen molar-refractivity contribution in [3.05, 3.63) is 28.5 Å². The first-order valence-corrected chi connectivity index (χ1v) is 7.84. The SMILES string of the molecule is Fc1ccc(Br)cc1OC1(CCNC2CC2)CCC1. The van der Waals surface area contributed by atoms with E-state index >= 15 is 0 Å². The van der Waals surface area contributed by atoms with Crippen LogP contribution in [0.3, 0.4) is 0 Å². The van der Waals surface area contributed by atoms with Crippen LogP contribution in [0.1, 0.15) is 38.5 Å². The minimum atomic E-state index is -0.273. The van der Waals surface area contributed by atoms with E-state index in [1.807, 2.05) is 0 Å². The minimum absolute atomic E-state index is 0.149. The molecule has 2 aliphatic rings. The van der Waals surface area contributed by atoms with Crippen molar-refractivity contribution < 1.29 is 9.13 Å². The van der Waals surface area contributed by atoms with Gasteiger partial charge in [-0.1, -0.05) is 15.9 Å². The highest BCUT2D eigenvalue weighted by Gasteiger charge is 2.39. The van der Waals surface area contributed by atoms with E-state index < -0.39 is 0 Å². The lowest BCUT2D eigenvalue weighted by atomic mass is 9.77. The number of hydrogen-bond donors (Lipinski definition) is 1. The molecule has 4 heteroatoms. The van der Waals surface area contributed by atoms with E-state index in [1.165, 1.54) is 25.3 Å². The van der Waals surface area contributed by atoms with Gasteiger partial charge in [0.15, 0.2) is 11.6 Å². The molecule has 2 fully saturated rings. The summed E-state index contributed by atoms with van der Waals surface area (Å²) in [5, 5.41) is 3.51. The number of rotatable bonds is 6. The van der Waals surface area contributed by atoms with Crippen molar-refractivity contribution in [1.29, 1.82) is 0 Å². The lowest BCUT2D eigenvalue weighted by molar-refractivity contribution is -0.0172. The summed E-state index contributed by atoms with van der Waals surface area (Å²) in [6.07, 6.45) is 6.81. The minimum Gasteiger partial charge on any atom is -0.484 e. The molecule has 0 spiro atoms. The summed E-state index contributed by atoms with van der Waals surface area (Å²) in [4.78, 5) is 0. The highest BCUT2D eigenvalue weighted by atomic mass is 79.9. The maximum Gasteiger partial charge on any atom is 0.165 e. The topological polar surface area (TPSA) is 21.3 Å². The van der Waals surface area contributed by atoms with Gasteiger partial charge < -0.3 is 10.1 Å². The lowest BCUT2D eigenvalue weighted by Gasteiger charge is -2.42. The second-order valence-corrected chi connectivity index (χ2v) is 6.61. The molecule has 0 heterocycles. The van der Waals surface area contributed by atoms with Crippen molar-refractivity contribution in [3.8, 4) is 5.75 Å². The molecule has 0 radical (unpaired) electrons. The van der Waals surface area contributed by atoms with Crippen molar-refractivity contribution in [1.82, 2.24) is 5.32 Å². The van der Waals surface area contributed by atoms with Crippen LogP contribution in [0, 0.1) is 5.82 Å². The van der Waals surface area contributed by atoms with Gasteiger partial charge in [0, 0.05) is 10.5 Å². The Morgan fingerprint density at radius 1 is 1.37 bits per heavy atom. The fourth-order valence-corrected chi connectivity index (χ4v) is 2.89. The van der Waals surface area contributed by atoms with Gasteiger partial charge in [-0.3, -0.25) is 0 Å². The number of halogens is 2. The average Bonchev–Trinajstić information content (AvgIpc) is 3.14. The Bertz CT molecular complexity index is 457. The highest BCUT2D eigenvalue weighted by molar-refractivity contribution is 9.10. The molecule has 0 amide bonds. The molecule has 0 aromatic heterocycles. The third-order valence-corrected chi connectivity index (χ3v) is 4.57. The van der Waals surface area contributed by atoms with Gasteiger partial charge in [-0.25, -0.2) is 4.39 Å². The van der Waals surface area contributed by atoms with Gasteiger partial charge in [0.05, 0.1) is 0 Å². The molecule has 0 bridgehead atoms. The van der Waals surface area contributed by atoms with Crippen molar-refractivity contribution in [2.24, 2.45) is 0 Å². The monoisotopic (exact) mass is 327 g/mol. The third kappa shape index (κ3) is 3.29. The fourth-order valence-electron chi connectivity index (χ4n) is 2.55. The van der Waals surface area contributed by atoms with Crippen LogP contribution in [0.25, 0.3) is 0 Å². The van der Waals surface area contributed by atoms with E-state index in [1.54, 1.807) is 12.1 Å². The van der Waals surface area contributed by atoms with Gasteiger partial charge in [0.25, 0.3) is 0 Å². The number of hydrogen-bond acceptors (Lipinski definition) is 2. The predicted octanol–water partition coefficient (Wildman–Crippen LogP) is 4.03. The van der Waals surface area contributed by atoms with Gasteiger partial charge in [-0.2, -0.15) is 0 Å². The number of benzene rings is 1. The molecule has 1 aromatic rings. The summed E-state index contributed by atoms with van der Waals surface area (Å²) in [7, 11) is 0.